The Kier molecular flexibility index (Phi) is 7.91. The maximum atomic E-state index is 10.8. The molecule has 0 heterocycles. The molecule has 0 aliphatic rings. The van der Waals surface area contributed by atoms with Gasteiger partial charge in [0.05, 0.1) is 18.5 Å². The van der Waals surface area contributed by atoms with Gasteiger partial charge in [0, 0.05) is 26.0 Å². The number of ether oxygens (including phenoxy) is 1. The van der Waals surface area contributed by atoms with Crippen LogP contribution in [0.5, 0.6) is 0 Å². The fourth-order valence-electron chi connectivity index (χ4n) is 1.02. The van der Waals surface area contributed by atoms with E-state index in [0.717, 1.165) is 0 Å². The molecule has 1 atom stereocenters. The lowest BCUT2D eigenvalue weighted by Crippen LogP contribution is -2.33. The van der Waals surface area contributed by atoms with Crippen molar-refractivity contribution in [2.45, 2.75) is 20.0 Å². The number of hydrogen-bond acceptors (Lipinski definition) is 5. The third kappa shape index (κ3) is 11.9. The van der Waals surface area contributed by atoms with Crippen molar-refractivity contribution in [3.8, 4) is 0 Å². The molecule has 0 aliphatic carbocycles. The highest BCUT2D eigenvalue weighted by Crippen LogP contribution is 1.93. The average Bonchev–Trinajstić information content (AvgIpc) is 2.10. The van der Waals surface area contributed by atoms with E-state index in [2.05, 4.69) is 5.32 Å². The van der Waals surface area contributed by atoms with Gasteiger partial charge in [0.2, 0.25) is 0 Å². The number of aliphatic hydroxyl groups is 1. The maximum absolute atomic E-state index is 10.8. The van der Waals surface area contributed by atoms with Gasteiger partial charge < -0.3 is 15.2 Å². The molecule has 0 bridgehead atoms. The van der Waals surface area contributed by atoms with Crippen LogP contribution in [0, 0.1) is 5.92 Å². The van der Waals surface area contributed by atoms with E-state index in [0.29, 0.717) is 25.6 Å². The van der Waals surface area contributed by atoms with Crippen molar-refractivity contribution < 1.29 is 18.3 Å². The minimum atomic E-state index is -2.93. The number of nitrogens with one attached hydrogen (secondary N) is 1. The lowest BCUT2D eigenvalue weighted by Gasteiger charge is -2.13. The van der Waals surface area contributed by atoms with Crippen LogP contribution in [-0.2, 0) is 14.6 Å². The first-order chi connectivity index (χ1) is 7.31. The normalized spacial score (nSPS) is 14.3. The highest BCUT2D eigenvalue weighted by Gasteiger charge is 2.06. The first-order valence-electron chi connectivity index (χ1n) is 5.45. The van der Waals surface area contributed by atoms with Crippen molar-refractivity contribution in [1.82, 2.24) is 5.32 Å². The van der Waals surface area contributed by atoms with E-state index in [1.807, 2.05) is 13.8 Å². The molecule has 0 fully saturated rings. The van der Waals surface area contributed by atoms with Crippen LogP contribution >= 0.6 is 0 Å². The Bertz CT molecular complexity index is 264. The summed E-state index contributed by atoms with van der Waals surface area (Å²) in [6.45, 7) is 5.70. The van der Waals surface area contributed by atoms with E-state index in [-0.39, 0.29) is 12.4 Å². The maximum Gasteiger partial charge on any atom is 0.148 e. The molecule has 5 nitrogen and oxygen atoms in total. The zero-order chi connectivity index (χ0) is 12.6. The van der Waals surface area contributed by atoms with Crippen molar-refractivity contribution >= 4 is 9.84 Å². The smallest absolute Gasteiger partial charge is 0.148 e. The van der Waals surface area contributed by atoms with Crippen LogP contribution in [0.4, 0.5) is 0 Å². The van der Waals surface area contributed by atoms with Gasteiger partial charge in [-0.15, -0.1) is 0 Å². The molecular formula is C10H23NO4S. The van der Waals surface area contributed by atoms with E-state index >= 15 is 0 Å². The van der Waals surface area contributed by atoms with Gasteiger partial charge in [-0.05, 0) is 5.92 Å². The second-order valence-electron chi connectivity index (χ2n) is 4.42. The number of hydrogen-bond donors (Lipinski definition) is 2. The Hall–Kier alpha value is -0.170. The van der Waals surface area contributed by atoms with E-state index in [1.54, 1.807) is 0 Å². The molecule has 0 saturated heterocycles. The van der Waals surface area contributed by atoms with E-state index in [1.165, 1.54) is 6.26 Å². The van der Waals surface area contributed by atoms with Crippen molar-refractivity contribution in [3.05, 3.63) is 0 Å². The summed E-state index contributed by atoms with van der Waals surface area (Å²) in [7, 11) is -2.93. The molecular weight excluding hydrogens is 230 g/mol. The predicted octanol–water partition coefficient (Wildman–Crippen LogP) is -0.346. The molecule has 0 rings (SSSR count). The summed E-state index contributed by atoms with van der Waals surface area (Å²) < 4.78 is 26.8. The number of aliphatic hydroxyl groups excluding tert-OH is 1. The summed E-state index contributed by atoms with van der Waals surface area (Å²) in [4.78, 5) is 0. The van der Waals surface area contributed by atoms with Crippen molar-refractivity contribution in [3.63, 3.8) is 0 Å². The van der Waals surface area contributed by atoms with Crippen LogP contribution in [0.15, 0.2) is 0 Å². The molecule has 0 radical (unpaired) electrons. The van der Waals surface area contributed by atoms with Crippen LogP contribution in [0.3, 0.4) is 0 Å². The predicted molar refractivity (Wildman–Crippen MR) is 64.2 cm³/mol. The van der Waals surface area contributed by atoms with Crippen molar-refractivity contribution in [2.24, 2.45) is 5.92 Å². The van der Waals surface area contributed by atoms with Crippen molar-refractivity contribution in [2.75, 3.05) is 38.3 Å². The standard InChI is InChI=1S/C10H23NO4S/c1-9(2)7-15-8-10(12)6-11-4-5-16(3,13)14/h9-12H,4-8H2,1-3H3. The third-order valence-electron chi connectivity index (χ3n) is 1.79. The Morgan fingerprint density at radius 3 is 2.44 bits per heavy atom. The van der Waals surface area contributed by atoms with E-state index in [4.69, 9.17) is 4.74 Å². The van der Waals surface area contributed by atoms with Gasteiger partial charge in [0.1, 0.15) is 9.84 Å². The van der Waals surface area contributed by atoms with Crippen LogP contribution in [0.2, 0.25) is 0 Å². The largest absolute Gasteiger partial charge is 0.389 e. The number of sulfone groups is 1. The van der Waals surface area contributed by atoms with E-state index in [9.17, 15) is 13.5 Å². The average molecular weight is 253 g/mol. The Balaban J connectivity index is 3.40. The monoisotopic (exact) mass is 253 g/mol. The summed E-state index contributed by atoms with van der Waals surface area (Å²) in [5.41, 5.74) is 0. The zero-order valence-corrected chi connectivity index (χ0v) is 11.1. The summed E-state index contributed by atoms with van der Waals surface area (Å²) in [6, 6.07) is 0. The highest BCUT2D eigenvalue weighted by atomic mass is 32.2. The second-order valence-corrected chi connectivity index (χ2v) is 6.68. The SMILES string of the molecule is CC(C)COCC(O)CNCCS(C)(=O)=O. The van der Waals surface area contributed by atoms with Gasteiger partial charge in [-0.25, -0.2) is 8.42 Å². The fourth-order valence-corrected chi connectivity index (χ4v) is 1.54. The van der Waals surface area contributed by atoms with Gasteiger partial charge in [-0.3, -0.25) is 0 Å². The van der Waals surface area contributed by atoms with Gasteiger partial charge in [-0.1, -0.05) is 13.8 Å². The topological polar surface area (TPSA) is 75.6 Å². The van der Waals surface area contributed by atoms with Gasteiger partial charge in [-0.2, -0.15) is 0 Å². The summed E-state index contributed by atoms with van der Waals surface area (Å²) in [5.74, 6) is 0.539. The lowest BCUT2D eigenvalue weighted by atomic mass is 10.2. The quantitative estimate of drug-likeness (QED) is 0.550. The van der Waals surface area contributed by atoms with Gasteiger partial charge >= 0.3 is 0 Å². The number of rotatable bonds is 9. The first-order valence-corrected chi connectivity index (χ1v) is 7.51. The van der Waals surface area contributed by atoms with Crippen molar-refractivity contribution in [1.29, 1.82) is 0 Å². The highest BCUT2D eigenvalue weighted by molar-refractivity contribution is 7.90. The molecule has 0 saturated carbocycles. The Morgan fingerprint density at radius 1 is 1.31 bits per heavy atom. The van der Waals surface area contributed by atoms with Crippen LogP contribution < -0.4 is 5.32 Å². The molecule has 16 heavy (non-hydrogen) atoms. The minimum Gasteiger partial charge on any atom is -0.389 e. The minimum absolute atomic E-state index is 0.0899. The molecule has 98 valence electrons. The molecule has 6 heteroatoms. The Labute approximate surface area is 98.1 Å². The molecule has 0 amide bonds. The second kappa shape index (κ2) is 8.00. The van der Waals surface area contributed by atoms with E-state index < -0.39 is 15.9 Å². The van der Waals surface area contributed by atoms with Gasteiger partial charge in [0.15, 0.2) is 0 Å². The molecule has 2 N–H and O–H groups in total. The summed E-state index contributed by atoms with van der Waals surface area (Å²) >= 11 is 0. The van der Waals surface area contributed by atoms with Crippen LogP contribution in [0.25, 0.3) is 0 Å². The van der Waals surface area contributed by atoms with Crippen LogP contribution in [-0.4, -0.2) is 57.9 Å². The molecule has 0 aromatic rings. The zero-order valence-electron chi connectivity index (χ0n) is 10.3. The molecule has 0 spiro atoms. The molecule has 0 aromatic heterocycles. The molecule has 0 aliphatic heterocycles. The van der Waals surface area contributed by atoms with Crippen LogP contribution in [0.1, 0.15) is 13.8 Å². The fraction of sp³-hybridized carbons (Fsp3) is 1.00. The lowest BCUT2D eigenvalue weighted by molar-refractivity contribution is 0.0264. The first kappa shape index (κ1) is 15.8. The third-order valence-corrected chi connectivity index (χ3v) is 2.74. The summed E-state index contributed by atoms with van der Waals surface area (Å²) in [6.07, 6.45) is 0.606. The molecule has 0 aromatic carbocycles. The summed E-state index contributed by atoms with van der Waals surface area (Å²) in [5, 5.41) is 12.3. The Morgan fingerprint density at radius 2 is 1.94 bits per heavy atom. The van der Waals surface area contributed by atoms with Gasteiger partial charge in [0.25, 0.3) is 0 Å². The molecule has 1 unspecified atom stereocenters.